The number of anilines is 2. The lowest BCUT2D eigenvalue weighted by Gasteiger charge is -2.22. The van der Waals surface area contributed by atoms with Crippen molar-refractivity contribution in [3.63, 3.8) is 0 Å². The lowest BCUT2D eigenvalue weighted by Crippen LogP contribution is -2.41. The van der Waals surface area contributed by atoms with Gasteiger partial charge in [-0.05, 0) is 6.42 Å². The van der Waals surface area contributed by atoms with Gasteiger partial charge in [-0.2, -0.15) is 23.5 Å². The van der Waals surface area contributed by atoms with Crippen molar-refractivity contribution < 1.29 is 0 Å². The molecular formula is C13H22N4O2S2. The van der Waals surface area contributed by atoms with Crippen LogP contribution in [0.2, 0.25) is 0 Å². The maximum Gasteiger partial charge on any atom is 0.332 e. The molecule has 0 radical (unpaired) electrons. The van der Waals surface area contributed by atoms with E-state index in [0.717, 1.165) is 22.5 Å². The summed E-state index contributed by atoms with van der Waals surface area (Å²) in [5.41, 5.74) is 5.68. The van der Waals surface area contributed by atoms with Gasteiger partial charge in [0.05, 0.1) is 0 Å². The minimum absolute atomic E-state index is 0.249. The van der Waals surface area contributed by atoms with Crippen LogP contribution < -0.4 is 22.3 Å². The third kappa shape index (κ3) is 3.60. The zero-order valence-electron chi connectivity index (χ0n) is 12.4. The molecule has 1 aliphatic heterocycles. The summed E-state index contributed by atoms with van der Waals surface area (Å²) < 4.78 is 2.59. The molecule has 1 aliphatic rings. The van der Waals surface area contributed by atoms with Gasteiger partial charge >= 0.3 is 5.69 Å². The van der Waals surface area contributed by atoms with E-state index in [4.69, 9.17) is 5.73 Å². The van der Waals surface area contributed by atoms with Crippen LogP contribution in [-0.2, 0) is 13.6 Å². The van der Waals surface area contributed by atoms with Crippen molar-refractivity contribution in [2.75, 3.05) is 34.9 Å². The van der Waals surface area contributed by atoms with Gasteiger partial charge in [0.25, 0.3) is 5.56 Å². The number of thioether (sulfide) groups is 2. The third-order valence-electron chi connectivity index (χ3n) is 3.42. The number of nitrogens with one attached hydrogen (secondary N) is 1. The van der Waals surface area contributed by atoms with Crippen molar-refractivity contribution in [1.82, 2.24) is 9.13 Å². The van der Waals surface area contributed by atoms with Gasteiger partial charge < -0.3 is 11.1 Å². The summed E-state index contributed by atoms with van der Waals surface area (Å²) in [7, 11) is 1.49. The van der Waals surface area contributed by atoms with E-state index >= 15 is 0 Å². The van der Waals surface area contributed by atoms with E-state index in [0.29, 0.717) is 24.0 Å². The van der Waals surface area contributed by atoms with Gasteiger partial charge in [0.2, 0.25) is 0 Å². The Morgan fingerprint density at radius 3 is 2.76 bits per heavy atom. The monoisotopic (exact) mass is 330 g/mol. The number of hydrogen-bond donors (Lipinski definition) is 2. The van der Waals surface area contributed by atoms with Gasteiger partial charge in [0.15, 0.2) is 0 Å². The summed E-state index contributed by atoms with van der Waals surface area (Å²) in [5.74, 6) is 3.65. The molecule has 0 aliphatic carbocycles. The van der Waals surface area contributed by atoms with Crippen LogP contribution in [0, 0.1) is 0 Å². The Bertz CT molecular complexity index is 605. The van der Waals surface area contributed by atoms with Gasteiger partial charge in [0.1, 0.15) is 11.5 Å². The van der Waals surface area contributed by atoms with Crippen LogP contribution >= 0.6 is 23.5 Å². The summed E-state index contributed by atoms with van der Waals surface area (Å²) in [6, 6.07) is 0. The molecule has 118 valence electrons. The zero-order valence-corrected chi connectivity index (χ0v) is 14.1. The highest BCUT2D eigenvalue weighted by Crippen LogP contribution is 2.24. The summed E-state index contributed by atoms with van der Waals surface area (Å²) in [4.78, 5) is 24.3. The van der Waals surface area contributed by atoms with E-state index in [1.54, 1.807) is 0 Å². The van der Waals surface area contributed by atoms with Gasteiger partial charge in [-0.1, -0.05) is 6.92 Å². The molecule has 6 nitrogen and oxygen atoms in total. The number of nitrogens with two attached hydrogens (primary N) is 1. The third-order valence-corrected chi connectivity index (χ3v) is 6.27. The fourth-order valence-corrected chi connectivity index (χ4v) is 4.87. The Kier molecular flexibility index (Phi) is 5.69. The maximum absolute atomic E-state index is 12.2. The maximum atomic E-state index is 12.2. The van der Waals surface area contributed by atoms with E-state index in [9.17, 15) is 9.59 Å². The molecule has 1 atom stereocenters. The number of rotatable bonds is 5. The van der Waals surface area contributed by atoms with Crippen LogP contribution in [0.25, 0.3) is 0 Å². The zero-order chi connectivity index (χ0) is 15.4. The van der Waals surface area contributed by atoms with E-state index in [1.807, 2.05) is 30.4 Å². The van der Waals surface area contributed by atoms with Crippen LogP contribution in [0.15, 0.2) is 9.59 Å². The Hall–Kier alpha value is -1.02. The second-order valence-electron chi connectivity index (χ2n) is 5.01. The van der Waals surface area contributed by atoms with Crippen molar-refractivity contribution in [2.45, 2.75) is 25.1 Å². The summed E-state index contributed by atoms with van der Waals surface area (Å²) in [6.45, 7) is 3.18. The van der Waals surface area contributed by atoms with Crippen LogP contribution in [0.1, 0.15) is 13.3 Å². The first-order valence-electron chi connectivity index (χ1n) is 7.08. The van der Waals surface area contributed by atoms with E-state index in [-0.39, 0.29) is 17.1 Å². The molecule has 2 rings (SSSR count). The SMILES string of the molecule is CCCn1c(N)c(NCC2CSCCS2)c(=O)n(C)c1=O. The quantitative estimate of drug-likeness (QED) is 0.831. The summed E-state index contributed by atoms with van der Waals surface area (Å²) >= 11 is 3.85. The first kappa shape index (κ1) is 16.4. The molecule has 2 heterocycles. The second kappa shape index (κ2) is 7.31. The standard InChI is InChI=1S/C13H22N4O2S2/c1-3-4-17-11(14)10(12(18)16(2)13(17)19)15-7-9-8-20-5-6-21-9/h9,15H,3-8,14H2,1-2H3. The normalized spacial score (nSPS) is 18.7. The molecule has 1 unspecified atom stereocenters. The average Bonchev–Trinajstić information content (AvgIpc) is 2.50. The van der Waals surface area contributed by atoms with Crippen LogP contribution in [0.5, 0.6) is 0 Å². The average molecular weight is 330 g/mol. The minimum atomic E-state index is -0.354. The number of hydrogen-bond acceptors (Lipinski definition) is 6. The topological polar surface area (TPSA) is 82.0 Å². The van der Waals surface area contributed by atoms with Crippen molar-refractivity contribution in [3.8, 4) is 0 Å². The van der Waals surface area contributed by atoms with Gasteiger partial charge in [-0.15, -0.1) is 0 Å². The van der Waals surface area contributed by atoms with E-state index in [1.165, 1.54) is 17.4 Å². The van der Waals surface area contributed by atoms with Gasteiger partial charge in [0, 0.05) is 42.6 Å². The van der Waals surface area contributed by atoms with Crippen LogP contribution in [0.4, 0.5) is 11.5 Å². The predicted molar refractivity (Wildman–Crippen MR) is 92.7 cm³/mol. The molecule has 3 N–H and O–H groups in total. The molecule has 0 aromatic carbocycles. The second-order valence-corrected chi connectivity index (χ2v) is 7.57. The Morgan fingerprint density at radius 1 is 1.38 bits per heavy atom. The molecule has 8 heteroatoms. The fraction of sp³-hybridized carbons (Fsp3) is 0.692. The van der Waals surface area contributed by atoms with Crippen molar-refractivity contribution in [2.24, 2.45) is 7.05 Å². The lowest BCUT2D eigenvalue weighted by atomic mass is 10.3. The smallest absolute Gasteiger partial charge is 0.332 e. The molecule has 1 aromatic heterocycles. The number of nitrogen functional groups attached to an aromatic ring is 1. The fourth-order valence-electron chi connectivity index (χ4n) is 2.26. The molecule has 21 heavy (non-hydrogen) atoms. The van der Waals surface area contributed by atoms with Crippen molar-refractivity contribution in [1.29, 1.82) is 0 Å². The molecular weight excluding hydrogens is 308 g/mol. The predicted octanol–water partition coefficient (Wildman–Crippen LogP) is 0.800. The molecule has 1 aromatic rings. The van der Waals surface area contributed by atoms with Gasteiger partial charge in [-0.3, -0.25) is 13.9 Å². The Labute approximate surface area is 132 Å². The lowest BCUT2D eigenvalue weighted by molar-refractivity contribution is 0.600. The first-order chi connectivity index (χ1) is 10.1. The highest BCUT2D eigenvalue weighted by atomic mass is 32.2. The van der Waals surface area contributed by atoms with E-state index < -0.39 is 0 Å². The van der Waals surface area contributed by atoms with Crippen LogP contribution in [-0.4, -0.2) is 38.2 Å². The molecule has 0 amide bonds. The molecule has 0 bridgehead atoms. The van der Waals surface area contributed by atoms with E-state index in [2.05, 4.69) is 5.32 Å². The highest BCUT2D eigenvalue weighted by molar-refractivity contribution is 8.06. The molecule has 0 saturated carbocycles. The molecule has 0 spiro atoms. The first-order valence-corrected chi connectivity index (χ1v) is 9.29. The summed E-state index contributed by atoms with van der Waals surface area (Å²) in [6.07, 6.45) is 0.789. The number of aromatic nitrogens is 2. The van der Waals surface area contributed by atoms with Gasteiger partial charge in [-0.25, -0.2) is 4.79 Å². The highest BCUT2D eigenvalue weighted by Gasteiger charge is 2.18. The molecule has 1 fully saturated rings. The summed E-state index contributed by atoms with van der Waals surface area (Å²) in [5, 5.41) is 3.64. The number of nitrogens with zero attached hydrogens (tertiary/aromatic N) is 2. The van der Waals surface area contributed by atoms with Crippen molar-refractivity contribution >= 4 is 35.0 Å². The van der Waals surface area contributed by atoms with Crippen molar-refractivity contribution in [3.05, 3.63) is 20.8 Å². The Balaban J connectivity index is 2.25. The minimum Gasteiger partial charge on any atom is -0.383 e. The Morgan fingerprint density at radius 2 is 2.14 bits per heavy atom. The largest absolute Gasteiger partial charge is 0.383 e. The van der Waals surface area contributed by atoms with Crippen LogP contribution in [0.3, 0.4) is 0 Å². The molecule has 1 saturated heterocycles.